The standard InChI is InChI=1S/C21H32N2O2/c1-14-4-7-18(24)10-19(14)21-8-9-23(12-16-5-6-16)15(2)20(21,3)25-13-17(22)11-21/h4,7,10,15-17,24H,5-6,8-9,11-13,22H2,1-3H3. The number of aromatic hydroxyl groups is 1. The molecule has 3 aliphatic rings. The van der Waals surface area contributed by atoms with Crippen molar-refractivity contribution in [3.63, 3.8) is 0 Å². The van der Waals surface area contributed by atoms with Crippen molar-refractivity contribution in [2.45, 2.75) is 69.6 Å². The molecule has 2 aliphatic heterocycles. The largest absolute Gasteiger partial charge is 0.508 e. The summed E-state index contributed by atoms with van der Waals surface area (Å²) in [5.74, 6) is 1.22. The fourth-order valence-electron chi connectivity index (χ4n) is 5.39. The average Bonchev–Trinajstić information content (AvgIpc) is 3.39. The Bertz CT molecular complexity index is 659. The Morgan fingerprint density at radius 2 is 2.12 bits per heavy atom. The van der Waals surface area contributed by atoms with Gasteiger partial charge in [0, 0.05) is 24.0 Å². The number of ether oxygens (including phenoxy) is 1. The number of hydrogen-bond donors (Lipinski definition) is 2. The van der Waals surface area contributed by atoms with E-state index in [1.54, 1.807) is 6.07 Å². The van der Waals surface area contributed by atoms with E-state index in [4.69, 9.17) is 10.5 Å². The van der Waals surface area contributed by atoms with Crippen LogP contribution in [0.4, 0.5) is 0 Å². The molecule has 0 bridgehead atoms. The highest BCUT2D eigenvalue weighted by Gasteiger charge is 2.60. The molecular formula is C21H32N2O2. The number of aryl methyl sites for hydroxylation is 1. The van der Waals surface area contributed by atoms with Crippen LogP contribution < -0.4 is 5.73 Å². The lowest BCUT2D eigenvalue weighted by Gasteiger charge is -2.62. The first kappa shape index (κ1) is 17.3. The number of likely N-dealkylation sites (tertiary alicyclic amines) is 1. The normalized spacial score (nSPS) is 39.2. The number of fused-ring (bicyclic) bond motifs is 1. The lowest BCUT2D eigenvalue weighted by Crippen LogP contribution is -2.71. The van der Waals surface area contributed by atoms with Gasteiger partial charge in [0.2, 0.25) is 0 Å². The Morgan fingerprint density at radius 3 is 2.84 bits per heavy atom. The van der Waals surface area contributed by atoms with Crippen LogP contribution in [0, 0.1) is 12.8 Å². The Balaban J connectivity index is 1.77. The van der Waals surface area contributed by atoms with E-state index in [9.17, 15) is 5.11 Å². The molecule has 2 saturated heterocycles. The maximum Gasteiger partial charge on any atom is 0.115 e. The van der Waals surface area contributed by atoms with E-state index < -0.39 is 0 Å². The second kappa shape index (κ2) is 5.97. The molecule has 1 aromatic carbocycles. The van der Waals surface area contributed by atoms with Crippen molar-refractivity contribution in [3.8, 4) is 5.75 Å². The van der Waals surface area contributed by atoms with Gasteiger partial charge in [-0.3, -0.25) is 4.90 Å². The number of piperidine rings is 1. The number of phenols is 1. The molecule has 0 amide bonds. The van der Waals surface area contributed by atoms with Crippen LogP contribution in [0.1, 0.15) is 50.7 Å². The molecule has 3 fully saturated rings. The smallest absolute Gasteiger partial charge is 0.115 e. The third kappa shape index (κ3) is 2.70. The Morgan fingerprint density at radius 1 is 1.36 bits per heavy atom. The Kier molecular flexibility index (Phi) is 4.13. The number of benzene rings is 1. The maximum absolute atomic E-state index is 10.2. The fraction of sp³-hybridized carbons (Fsp3) is 0.714. The highest BCUT2D eigenvalue weighted by molar-refractivity contribution is 5.43. The molecule has 0 aromatic heterocycles. The van der Waals surface area contributed by atoms with E-state index in [-0.39, 0.29) is 17.1 Å². The van der Waals surface area contributed by atoms with Crippen LogP contribution in [0.5, 0.6) is 5.75 Å². The molecule has 4 nitrogen and oxygen atoms in total. The second-order valence-electron chi connectivity index (χ2n) is 8.83. The Hall–Kier alpha value is -1.10. The summed E-state index contributed by atoms with van der Waals surface area (Å²) in [7, 11) is 0. The molecule has 2 heterocycles. The van der Waals surface area contributed by atoms with Gasteiger partial charge in [-0.1, -0.05) is 6.07 Å². The summed E-state index contributed by atoms with van der Waals surface area (Å²) in [6.07, 6.45) is 4.72. The quantitative estimate of drug-likeness (QED) is 0.885. The first-order valence-corrected chi connectivity index (χ1v) is 9.79. The van der Waals surface area contributed by atoms with Crippen LogP contribution in [-0.4, -0.2) is 47.4 Å². The van der Waals surface area contributed by atoms with Crippen molar-refractivity contribution in [1.29, 1.82) is 0 Å². The SMILES string of the molecule is Cc1ccc(O)cc1C12CCN(CC3CC3)C(C)C1(C)OCC(N)C2. The van der Waals surface area contributed by atoms with Gasteiger partial charge in [-0.2, -0.15) is 0 Å². The summed E-state index contributed by atoms with van der Waals surface area (Å²) in [6.45, 7) is 9.65. The van der Waals surface area contributed by atoms with Gasteiger partial charge >= 0.3 is 0 Å². The lowest BCUT2D eigenvalue weighted by molar-refractivity contribution is -0.192. The number of phenolic OH excluding ortho intramolecular Hbond substituents is 1. The van der Waals surface area contributed by atoms with Gasteiger partial charge in [0.1, 0.15) is 5.75 Å². The molecule has 4 unspecified atom stereocenters. The van der Waals surface area contributed by atoms with E-state index in [2.05, 4.69) is 25.7 Å². The predicted octanol–water partition coefficient (Wildman–Crippen LogP) is 2.95. The van der Waals surface area contributed by atoms with Crippen LogP contribution in [0.3, 0.4) is 0 Å². The zero-order valence-corrected chi connectivity index (χ0v) is 15.8. The van der Waals surface area contributed by atoms with Gasteiger partial charge in [0.25, 0.3) is 0 Å². The summed E-state index contributed by atoms with van der Waals surface area (Å²) in [5.41, 5.74) is 8.42. The van der Waals surface area contributed by atoms with Gasteiger partial charge in [0.05, 0.1) is 12.2 Å². The lowest BCUT2D eigenvalue weighted by atomic mass is 9.56. The predicted molar refractivity (Wildman–Crippen MR) is 99.8 cm³/mol. The van der Waals surface area contributed by atoms with Crippen molar-refractivity contribution in [1.82, 2.24) is 4.90 Å². The van der Waals surface area contributed by atoms with Gasteiger partial charge in [-0.25, -0.2) is 0 Å². The van der Waals surface area contributed by atoms with Crippen molar-refractivity contribution in [3.05, 3.63) is 29.3 Å². The van der Waals surface area contributed by atoms with Gasteiger partial charge in [-0.05, 0) is 82.2 Å². The number of hydrogen-bond acceptors (Lipinski definition) is 4. The topological polar surface area (TPSA) is 58.7 Å². The molecule has 3 N–H and O–H groups in total. The number of nitrogens with zero attached hydrogens (tertiary/aromatic N) is 1. The van der Waals surface area contributed by atoms with Crippen molar-refractivity contribution in [2.75, 3.05) is 19.7 Å². The summed E-state index contributed by atoms with van der Waals surface area (Å²) < 4.78 is 6.53. The van der Waals surface area contributed by atoms with E-state index in [1.807, 2.05) is 12.1 Å². The monoisotopic (exact) mass is 344 g/mol. The molecule has 4 rings (SSSR count). The van der Waals surface area contributed by atoms with E-state index in [0.29, 0.717) is 18.4 Å². The van der Waals surface area contributed by atoms with E-state index in [0.717, 1.165) is 25.3 Å². The van der Waals surface area contributed by atoms with Crippen LogP contribution in [-0.2, 0) is 10.2 Å². The van der Waals surface area contributed by atoms with Gasteiger partial charge in [0.15, 0.2) is 0 Å². The fourth-order valence-corrected chi connectivity index (χ4v) is 5.39. The van der Waals surface area contributed by atoms with E-state index >= 15 is 0 Å². The zero-order chi connectivity index (χ0) is 17.8. The minimum Gasteiger partial charge on any atom is -0.508 e. The molecule has 4 heteroatoms. The molecule has 138 valence electrons. The third-order valence-corrected chi connectivity index (χ3v) is 7.26. The summed E-state index contributed by atoms with van der Waals surface area (Å²) in [5, 5.41) is 10.2. The third-order valence-electron chi connectivity index (χ3n) is 7.26. The zero-order valence-electron chi connectivity index (χ0n) is 15.8. The highest BCUT2D eigenvalue weighted by Crippen LogP contribution is 2.54. The van der Waals surface area contributed by atoms with Crippen molar-refractivity contribution < 1.29 is 9.84 Å². The molecular weight excluding hydrogens is 312 g/mol. The van der Waals surface area contributed by atoms with Crippen molar-refractivity contribution in [2.24, 2.45) is 11.7 Å². The van der Waals surface area contributed by atoms with Crippen LogP contribution in [0.2, 0.25) is 0 Å². The van der Waals surface area contributed by atoms with Crippen LogP contribution in [0.15, 0.2) is 18.2 Å². The first-order valence-electron chi connectivity index (χ1n) is 9.79. The minimum absolute atomic E-state index is 0.0528. The summed E-state index contributed by atoms with van der Waals surface area (Å²) >= 11 is 0. The van der Waals surface area contributed by atoms with Crippen molar-refractivity contribution >= 4 is 0 Å². The molecule has 0 radical (unpaired) electrons. The first-order chi connectivity index (χ1) is 11.9. The highest BCUT2D eigenvalue weighted by atomic mass is 16.5. The minimum atomic E-state index is -0.283. The van der Waals surface area contributed by atoms with Gasteiger partial charge < -0.3 is 15.6 Å². The van der Waals surface area contributed by atoms with E-state index in [1.165, 1.54) is 30.5 Å². The second-order valence-corrected chi connectivity index (χ2v) is 8.83. The van der Waals surface area contributed by atoms with Crippen LogP contribution in [0.25, 0.3) is 0 Å². The van der Waals surface area contributed by atoms with Gasteiger partial charge in [-0.15, -0.1) is 0 Å². The molecule has 0 spiro atoms. The summed E-state index contributed by atoms with van der Waals surface area (Å²) in [4.78, 5) is 2.63. The van der Waals surface area contributed by atoms with Crippen LogP contribution >= 0.6 is 0 Å². The number of rotatable bonds is 3. The molecule has 1 aromatic rings. The number of nitrogens with two attached hydrogens (primary N) is 1. The average molecular weight is 344 g/mol. The summed E-state index contributed by atoms with van der Waals surface area (Å²) in [6, 6.07) is 6.16. The maximum atomic E-state index is 10.2. The molecule has 1 saturated carbocycles. The Labute approximate surface area is 151 Å². The molecule has 25 heavy (non-hydrogen) atoms. The molecule has 4 atom stereocenters. The molecule has 1 aliphatic carbocycles.